The maximum absolute atomic E-state index is 11.9. The van der Waals surface area contributed by atoms with Crippen LogP contribution >= 0.6 is 27.5 Å². The lowest BCUT2D eigenvalue weighted by Gasteiger charge is -2.14. The van der Waals surface area contributed by atoms with Crippen molar-refractivity contribution >= 4 is 33.3 Å². The van der Waals surface area contributed by atoms with Crippen LogP contribution in [0.3, 0.4) is 0 Å². The first-order valence-electron chi connectivity index (χ1n) is 9.27. The molecule has 0 atom stereocenters. The zero-order chi connectivity index (χ0) is 19.6. The van der Waals surface area contributed by atoms with E-state index in [0.29, 0.717) is 35.3 Å². The molecule has 3 nitrogen and oxygen atoms in total. The Morgan fingerprint density at radius 2 is 2.04 bits per heavy atom. The Morgan fingerprint density at radius 1 is 1.30 bits per heavy atom. The molecule has 0 unspecified atom stereocenters. The van der Waals surface area contributed by atoms with Crippen molar-refractivity contribution in [3.05, 3.63) is 56.5 Å². The van der Waals surface area contributed by atoms with Gasteiger partial charge < -0.3 is 9.84 Å². The Balaban J connectivity index is 1.71. The Bertz CT molecular complexity index is 820. The zero-order valence-corrected chi connectivity index (χ0v) is 17.9. The van der Waals surface area contributed by atoms with Crippen molar-refractivity contribution in [2.24, 2.45) is 5.92 Å². The average molecular weight is 452 g/mol. The molecule has 1 saturated carbocycles. The molecule has 2 aromatic carbocycles. The van der Waals surface area contributed by atoms with E-state index >= 15 is 0 Å². The third-order valence-corrected chi connectivity index (χ3v) is 5.87. The number of phenols is 1. The van der Waals surface area contributed by atoms with Gasteiger partial charge in [-0.1, -0.05) is 53.5 Å². The molecule has 0 saturated heterocycles. The minimum Gasteiger partial charge on any atom is -0.508 e. The monoisotopic (exact) mass is 450 g/mol. The number of ketones is 1. The van der Waals surface area contributed by atoms with E-state index in [1.165, 1.54) is 0 Å². The van der Waals surface area contributed by atoms with Gasteiger partial charge in [-0.2, -0.15) is 0 Å². The van der Waals surface area contributed by atoms with Gasteiger partial charge in [0, 0.05) is 22.3 Å². The molecule has 0 heterocycles. The van der Waals surface area contributed by atoms with E-state index in [4.69, 9.17) is 16.3 Å². The summed E-state index contributed by atoms with van der Waals surface area (Å²) in [5, 5.41) is 10.6. The number of carbonyl (C=O) groups excluding carboxylic acids is 1. The summed E-state index contributed by atoms with van der Waals surface area (Å²) in [7, 11) is 0. The van der Waals surface area contributed by atoms with Crippen molar-refractivity contribution in [2.75, 3.05) is 6.61 Å². The highest BCUT2D eigenvalue weighted by atomic mass is 79.9. The third kappa shape index (κ3) is 5.49. The van der Waals surface area contributed by atoms with Gasteiger partial charge in [-0.25, -0.2) is 0 Å². The second-order valence-electron chi connectivity index (χ2n) is 7.56. The number of rotatable bonds is 8. The number of benzene rings is 2. The zero-order valence-electron chi connectivity index (χ0n) is 15.6. The Labute approximate surface area is 173 Å². The van der Waals surface area contributed by atoms with E-state index in [9.17, 15) is 9.90 Å². The maximum atomic E-state index is 11.9. The summed E-state index contributed by atoms with van der Waals surface area (Å²) in [4.78, 5) is 11.9. The van der Waals surface area contributed by atoms with Crippen LogP contribution in [0.2, 0.25) is 5.02 Å². The van der Waals surface area contributed by atoms with Crippen molar-refractivity contribution in [3.63, 3.8) is 0 Å². The van der Waals surface area contributed by atoms with Crippen LogP contribution in [-0.2, 0) is 11.2 Å². The van der Waals surface area contributed by atoms with Crippen molar-refractivity contribution in [1.29, 1.82) is 0 Å². The van der Waals surface area contributed by atoms with Gasteiger partial charge in [0.2, 0.25) is 0 Å². The Kier molecular flexibility index (Phi) is 6.48. The summed E-state index contributed by atoms with van der Waals surface area (Å²) in [6, 6.07) is 9.27. The number of hydrogen-bond acceptors (Lipinski definition) is 3. The molecule has 1 N–H and O–H groups in total. The van der Waals surface area contributed by atoms with E-state index in [-0.39, 0.29) is 18.3 Å². The lowest BCUT2D eigenvalue weighted by molar-refractivity contribution is -0.121. The standard InChI is InChI=1S/C22H24BrClO3/c1-13(2)18-8-15(5-6-22(18)26)9-19-20(23)10-17(11-21(19)24)27-12-16(25)7-14-3-4-14/h5-6,8,10-11,13-14,26H,3-4,7,9,12H2,1-2H3. The van der Waals surface area contributed by atoms with Crippen molar-refractivity contribution < 1.29 is 14.6 Å². The fraction of sp³-hybridized carbons (Fsp3) is 0.409. The first kappa shape index (κ1) is 20.2. The molecular weight excluding hydrogens is 428 g/mol. The van der Waals surface area contributed by atoms with Gasteiger partial charge >= 0.3 is 0 Å². The van der Waals surface area contributed by atoms with Gasteiger partial charge in [0.05, 0.1) is 0 Å². The van der Waals surface area contributed by atoms with Crippen LogP contribution in [0, 0.1) is 5.92 Å². The molecule has 1 fully saturated rings. The normalized spacial score (nSPS) is 13.8. The topological polar surface area (TPSA) is 46.5 Å². The van der Waals surface area contributed by atoms with Gasteiger partial charge in [-0.05, 0) is 59.6 Å². The Hall–Kier alpha value is -1.52. The van der Waals surface area contributed by atoms with Crippen LogP contribution in [0.4, 0.5) is 0 Å². The average Bonchev–Trinajstić information content (AvgIpc) is 3.41. The maximum Gasteiger partial charge on any atom is 0.170 e. The van der Waals surface area contributed by atoms with E-state index in [1.54, 1.807) is 12.1 Å². The molecule has 0 aromatic heterocycles. The second kappa shape index (κ2) is 8.66. The summed E-state index contributed by atoms with van der Waals surface area (Å²) >= 11 is 10.1. The quantitative estimate of drug-likeness (QED) is 0.514. The molecule has 0 bridgehead atoms. The number of aromatic hydroxyl groups is 1. The van der Waals surface area contributed by atoms with E-state index in [0.717, 1.165) is 34.0 Å². The minimum absolute atomic E-state index is 0.0916. The van der Waals surface area contributed by atoms with Crippen LogP contribution in [0.25, 0.3) is 0 Å². The number of ether oxygens (including phenoxy) is 1. The number of halogens is 2. The summed E-state index contributed by atoms with van der Waals surface area (Å²) in [5.74, 6) is 1.86. The second-order valence-corrected chi connectivity index (χ2v) is 8.83. The van der Waals surface area contributed by atoms with Crippen molar-refractivity contribution in [2.45, 2.75) is 45.4 Å². The predicted molar refractivity (Wildman–Crippen MR) is 112 cm³/mol. The Morgan fingerprint density at radius 3 is 2.67 bits per heavy atom. The number of carbonyl (C=O) groups is 1. The number of Topliss-reactive ketones (excluding diaryl/α,β-unsaturated/α-hetero) is 1. The van der Waals surface area contributed by atoms with Crippen LogP contribution < -0.4 is 4.74 Å². The highest BCUT2D eigenvalue weighted by molar-refractivity contribution is 9.10. The summed E-state index contributed by atoms with van der Waals surface area (Å²) in [6.07, 6.45) is 3.58. The van der Waals surface area contributed by atoms with Crippen LogP contribution in [0.5, 0.6) is 11.5 Å². The molecule has 1 aliphatic carbocycles. The van der Waals surface area contributed by atoms with Crippen molar-refractivity contribution in [3.8, 4) is 11.5 Å². The van der Waals surface area contributed by atoms with E-state index < -0.39 is 0 Å². The predicted octanol–water partition coefficient (Wildman–Crippen LogP) is 6.27. The first-order valence-corrected chi connectivity index (χ1v) is 10.4. The molecule has 27 heavy (non-hydrogen) atoms. The molecule has 2 aromatic rings. The third-order valence-electron chi connectivity index (χ3n) is 4.82. The molecule has 0 spiro atoms. The highest BCUT2D eigenvalue weighted by Crippen LogP contribution is 2.35. The van der Waals surface area contributed by atoms with Gasteiger partial charge in [-0.3, -0.25) is 4.79 Å². The fourth-order valence-corrected chi connectivity index (χ4v) is 4.05. The molecule has 0 radical (unpaired) electrons. The van der Waals surface area contributed by atoms with Gasteiger partial charge in [0.1, 0.15) is 18.1 Å². The lowest BCUT2D eigenvalue weighted by atomic mass is 9.96. The number of hydrogen-bond donors (Lipinski definition) is 1. The lowest BCUT2D eigenvalue weighted by Crippen LogP contribution is -2.11. The highest BCUT2D eigenvalue weighted by Gasteiger charge is 2.24. The van der Waals surface area contributed by atoms with Crippen molar-refractivity contribution in [1.82, 2.24) is 0 Å². The molecule has 3 rings (SSSR count). The number of phenolic OH excluding ortho intramolecular Hbond substituents is 1. The SMILES string of the molecule is CC(C)c1cc(Cc2c(Cl)cc(OCC(=O)CC3CC3)cc2Br)ccc1O. The minimum atomic E-state index is 0.0916. The van der Waals surface area contributed by atoms with Gasteiger partial charge in [0.15, 0.2) is 5.78 Å². The summed E-state index contributed by atoms with van der Waals surface area (Å²) in [5.41, 5.74) is 2.95. The fourth-order valence-electron chi connectivity index (χ4n) is 3.08. The molecule has 5 heteroatoms. The van der Waals surface area contributed by atoms with Gasteiger partial charge in [0.25, 0.3) is 0 Å². The van der Waals surface area contributed by atoms with E-state index in [2.05, 4.69) is 29.8 Å². The molecule has 1 aliphatic rings. The smallest absolute Gasteiger partial charge is 0.170 e. The summed E-state index contributed by atoms with van der Waals surface area (Å²) < 4.78 is 6.48. The van der Waals surface area contributed by atoms with Gasteiger partial charge in [-0.15, -0.1) is 0 Å². The molecular formula is C22H24BrClO3. The summed E-state index contributed by atoms with van der Waals surface area (Å²) in [6.45, 7) is 4.20. The molecule has 0 aliphatic heterocycles. The molecule has 0 amide bonds. The van der Waals surface area contributed by atoms with E-state index in [1.807, 2.05) is 18.2 Å². The first-order chi connectivity index (χ1) is 12.8. The van der Waals surface area contributed by atoms with Crippen LogP contribution in [0.15, 0.2) is 34.8 Å². The molecule has 144 valence electrons. The largest absolute Gasteiger partial charge is 0.508 e. The van der Waals surface area contributed by atoms with Crippen LogP contribution in [0.1, 0.15) is 55.7 Å². The van der Waals surface area contributed by atoms with Crippen LogP contribution in [-0.4, -0.2) is 17.5 Å².